The van der Waals surface area contributed by atoms with Gasteiger partial charge in [-0.1, -0.05) is 24.8 Å². The van der Waals surface area contributed by atoms with E-state index in [1.54, 1.807) is 0 Å². The highest BCUT2D eigenvalue weighted by Crippen LogP contribution is 2.30. The largest absolute Gasteiger partial charge is 0.331 e. The fraction of sp³-hybridized carbons (Fsp3) is 0.308. The van der Waals surface area contributed by atoms with E-state index in [9.17, 15) is 0 Å². The molecule has 1 heterocycles. The lowest BCUT2D eigenvalue weighted by molar-refractivity contribution is 0.377. The van der Waals surface area contributed by atoms with Gasteiger partial charge in [-0.25, -0.2) is 4.99 Å². The summed E-state index contributed by atoms with van der Waals surface area (Å²) in [6, 6.07) is 8.10. The molecule has 0 fully saturated rings. The Morgan fingerprint density at radius 2 is 2.06 bits per heavy atom. The van der Waals surface area contributed by atoms with Crippen LogP contribution in [-0.4, -0.2) is 43.3 Å². The Labute approximate surface area is 96.7 Å². The number of benzene rings is 1. The lowest BCUT2D eigenvalue weighted by Crippen LogP contribution is -2.30. The summed E-state index contributed by atoms with van der Waals surface area (Å²) < 4.78 is 0. The maximum absolute atomic E-state index is 4.42. The molecular weight excluding hydrogens is 198 g/mol. The summed E-state index contributed by atoms with van der Waals surface area (Å²) in [6.45, 7) is 6.04. The normalized spacial score (nSPS) is 14.4. The van der Waals surface area contributed by atoms with Crippen LogP contribution in [0.3, 0.4) is 0 Å². The zero-order valence-electron chi connectivity index (χ0n) is 9.85. The second-order valence-electron chi connectivity index (χ2n) is 4.21. The van der Waals surface area contributed by atoms with Crippen LogP contribution >= 0.6 is 0 Å². The van der Waals surface area contributed by atoms with Crippen molar-refractivity contribution in [2.45, 2.75) is 0 Å². The van der Waals surface area contributed by atoms with Crippen molar-refractivity contribution < 1.29 is 0 Å². The van der Waals surface area contributed by atoms with Gasteiger partial charge in [0, 0.05) is 24.4 Å². The quantitative estimate of drug-likeness (QED) is 0.769. The Bertz CT molecular complexity index is 421. The number of hydrogen-bond donors (Lipinski definition) is 0. The average Bonchev–Trinajstić information content (AvgIpc) is 2.28. The highest BCUT2D eigenvalue weighted by molar-refractivity contribution is 5.86. The van der Waals surface area contributed by atoms with Gasteiger partial charge in [0.25, 0.3) is 0 Å². The fourth-order valence-electron chi connectivity index (χ4n) is 1.69. The molecule has 0 aliphatic carbocycles. The van der Waals surface area contributed by atoms with Gasteiger partial charge in [-0.2, -0.15) is 0 Å². The molecule has 0 aromatic heterocycles. The lowest BCUT2D eigenvalue weighted by Gasteiger charge is -2.27. The fourth-order valence-corrected chi connectivity index (χ4v) is 1.69. The molecule has 1 aliphatic rings. The Hall–Kier alpha value is -1.61. The summed E-state index contributed by atoms with van der Waals surface area (Å²) in [5.41, 5.74) is 3.17. The summed E-state index contributed by atoms with van der Waals surface area (Å²) >= 11 is 0. The summed E-state index contributed by atoms with van der Waals surface area (Å²) in [5.74, 6) is 0. The van der Waals surface area contributed by atoms with E-state index in [1.807, 2.05) is 24.5 Å². The van der Waals surface area contributed by atoms with E-state index in [0.29, 0.717) is 0 Å². The Morgan fingerprint density at radius 3 is 2.81 bits per heavy atom. The molecule has 0 unspecified atom stereocenters. The predicted octanol–water partition coefficient (Wildman–Crippen LogP) is 2.19. The topological polar surface area (TPSA) is 18.8 Å². The minimum absolute atomic E-state index is 0.920. The molecule has 1 aliphatic heterocycles. The van der Waals surface area contributed by atoms with Crippen LogP contribution < -0.4 is 0 Å². The van der Waals surface area contributed by atoms with E-state index in [1.165, 1.54) is 0 Å². The molecule has 1 aromatic rings. The van der Waals surface area contributed by atoms with Crippen LogP contribution in [0.25, 0.3) is 5.70 Å². The zero-order chi connectivity index (χ0) is 11.5. The molecule has 3 nitrogen and oxygen atoms in total. The van der Waals surface area contributed by atoms with E-state index < -0.39 is 0 Å². The SMILES string of the molecule is C=C1c2ccccc2N=CN1CCN(C)C. The van der Waals surface area contributed by atoms with Gasteiger partial charge in [0.15, 0.2) is 0 Å². The first kappa shape index (κ1) is 10.9. The van der Waals surface area contributed by atoms with E-state index in [-0.39, 0.29) is 0 Å². The van der Waals surface area contributed by atoms with Crippen molar-refractivity contribution in [3.8, 4) is 0 Å². The van der Waals surface area contributed by atoms with Crippen LogP contribution in [0.4, 0.5) is 5.69 Å². The van der Waals surface area contributed by atoms with Crippen LogP contribution in [0.1, 0.15) is 5.56 Å². The van der Waals surface area contributed by atoms with Crippen molar-refractivity contribution in [3.05, 3.63) is 36.4 Å². The highest BCUT2D eigenvalue weighted by atomic mass is 15.2. The van der Waals surface area contributed by atoms with Gasteiger partial charge in [0.05, 0.1) is 12.0 Å². The third kappa shape index (κ3) is 2.14. The maximum atomic E-state index is 4.42. The minimum Gasteiger partial charge on any atom is -0.331 e. The molecule has 0 spiro atoms. The van der Waals surface area contributed by atoms with Crippen LogP contribution in [0.5, 0.6) is 0 Å². The molecule has 16 heavy (non-hydrogen) atoms. The van der Waals surface area contributed by atoms with Gasteiger partial charge in [0.2, 0.25) is 0 Å². The van der Waals surface area contributed by atoms with Crippen LogP contribution in [0.2, 0.25) is 0 Å². The van der Waals surface area contributed by atoms with Gasteiger partial charge in [-0.05, 0) is 20.2 Å². The number of likely N-dealkylation sites (N-methyl/N-ethyl adjacent to an activating group) is 1. The molecule has 84 valence electrons. The standard InChI is InChI=1S/C13H17N3/c1-11-12-6-4-5-7-13(12)14-10-16(11)9-8-15(2)3/h4-7,10H,1,8-9H2,2-3H3. The van der Waals surface area contributed by atoms with Gasteiger partial charge in [0.1, 0.15) is 0 Å². The molecule has 0 saturated heterocycles. The van der Waals surface area contributed by atoms with Crippen LogP contribution in [0, 0.1) is 0 Å². The molecule has 0 bridgehead atoms. The Kier molecular flexibility index (Phi) is 3.06. The maximum Gasteiger partial charge on any atom is 0.0957 e. The van der Waals surface area contributed by atoms with E-state index in [0.717, 1.165) is 30.0 Å². The smallest absolute Gasteiger partial charge is 0.0957 e. The predicted molar refractivity (Wildman–Crippen MR) is 68.9 cm³/mol. The summed E-state index contributed by atoms with van der Waals surface area (Å²) in [5, 5.41) is 0. The van der Waals surface area contributed by atoms with Crippen molar-refractivity contribution in [2.75, 3.05) is 27.2 Å². The molecule has 0 saturated carbocycles. The molecule has 1 aromatic carbocycles. The summed E-state index contributed by atoms with van der Waals surface area (Å²) in [4.78, 5) is 8.68. The van der Waals surface area contributed by atoms with Crippen molar-refractivity contribution >= 4 is 17.7 Å². The Balaban J connectivity index is 2.15. The third-order valence-corrected chi connectivity index (χ3v) is 2.69. The first-order valence-electron chi connectivity index (χ1n) is 5.42. The van der Waals surface area contributed by atoms with E-state index in [4.69, 9.17) is 0 Å². The first-order chi connectivity index (χ1) is 7.68. The second kappa shape index (κ2) is 4.49. The lowest BCUT2D eigenvalue weighted by atomic mass is 10.1. The molecule has 0 radical (unpaired) electrons. The van der Waals surface area contributed by atoms with Crippen LogP contribution in [-0.2, 0) is 0 Å². The van der Waals surface area contributed by atoms with Gasteiger partial charge < -0.3 is 9.80 Å². The molecule has 0 amide bonds. The van der Waals surface area contributed by atoms with Crippen molar-refractivity contribution in [3.63, 3.8) is 0 Å². The zero-order valence-corrected chi connectivity index (χ0v) is 9.85. The number of nitrogens with zero attached hydrogens (tertiary/aromatic N) is 3. The van der Waals surface area contributed by atoms with Gasteiger partial charge in [-0.15, -0.1) is 0 Å². The molecular formula is C13H17N3. The molecule has 0 atom stereocenters. The van der Waals surface area contributed by atoms with Crippen molar-refractivity contribution in [1.29, 1.82) is 0 Å². The van der Waals surface area contributed by atoms with E-state index >= 15 is 0 Å². The third-order valence-electron chi connectivity index (χ3n) is 2.69. The second-order valence-corrected chi connectivity index (χ2v) is 4.21. The molecule has 2 rings (SSSR count). The van der Waals surface area contributed by atoms with Gasteiger partial charge >= 0.3 is 0 Å². The van der Waals surface area contributed by atoms with Crippen LogP contribution in [0.15, 0.2) is 35.8 Å². The van der Waals surface area contributed by atoms with Crippen molar-refractivity contribution in [1.82, 2.24) is 9.80 Å². The first-order valence-corrected chi connectivity index (χ1v) is 5.42. The molecule has 0 N–H and O–H groups in total. The number of fused-ring (bicyclic) bond motifs is 1. The van der Waals surface area contributed by atoms with Gasteiger partial charge in [-0.3, -0.25) is 0 Å². The average molecular weight is 215 g/mol. The summed E-state index contributed by atoms with van der Waals surface area (Å²) in [6.07, 6.45) is 1.87. The minimum atomic E-state index is 0.920. The number of para-hydroxylation sites is 1. The molecule has 3 heteroatoms. The highest BCUT2D eigenvalue weighted by Gasteiger charge is 2.15. The number of rotatable bonds is 3. The summed E-state index contributed by atoms with van der Waals surface area (Å²) in [7, 11) is 4.13. The number of aliphatic imine (C=N–C) groups is 1. The Morgan fingerprint density at radius 1 is 1.31 bits per heavy atom. The van der Waals surface area contributed by atoms with E-state index in [2.05, 4.69) is 41.5 Å². The number of hydrogen-bond acceptors (Lipinski definition) is 3. The van der Waals surface area contributed by atoms with Crippen molar-refractivity contribution in [2.24, 2.45) is 4.99 Å². The monoisotopic (exact) mass is 215 g/mol.